The highest BCUT2D eigenvalue weighted by Crippen LogP contribution is 2.22. The van der Waals surface area contributed by atoms with Crippen LogP contribution in [0.5, 0.6) is 0 Å². The van der Waals surface area contributed by atoms with Crippen LogP contribution in [0, 0.1) is 0 Å². The topological polar surface area (TPSA) is 29.0 Å². The lowest BCUT2D eigenvalue weighted by molar-refractivity contribution is 1.06. The Morgan fingerprint density at radius 3 is 2.73 bits per heavy atom. The van der Waals surface area contributed by atoms with Crippen LogP contribution in [0.25, 0.3) is 17.0 Å². The van der Waals surface area contributed by atoms with Crippen molar-refractivity contribution in [3.8, 4) is 0 Å². The van der Waals surface area contributed by atoms with Gasteiger partial charge in [-0.1, -0.05) is 18.7 Å². The minimum atomic E-state index is 0.934. The van der Waals surface area contributed by atoms with Crippen molar-refractivity contribution in [2.75, 3.05) is 19.0 Å². The molecule has 0 saturated heterocycles. The van der Waals surface area contributed by atoms with Crippen LogP contribution in [-0.4, -0.2) is 24.1 Å². The number of anilines is 1. The number of aromatic nitrogens is 2. The number of hydrogen-bond acceptors (Lipinski definition) is 3. The molecule has 0 fully saturated rings. The van der Waals surface area contributed by atoms with Crippen LogP contribution in [0.2, 0.25) is 0 Å². The molecule has 0 N–H and O–H groups in total. The second-order valence-electron chi connectivity index (χ2n) is 3.57. The SMILES string of the molecule is C=Cc1ccc2ncnc(N(C)C)c2c1. The molecule has 2 rings (SSSR count). The van der Waals surface area contributed by atoms with E-state index in [-0.39, 0.29) is 0 Å². The van der Waals surface area contributed by atoms with Crippen molar-refractivity contribution in [1.29, 1.82) is 0 Å². The van der Waals surface area contributed by atoms with Crippen LogP contribution >= 0.6 is 0 Å². The van der Waals surface area contributed by atoms with Crippen LogP contribution in [0.4, 0.5) is 5.82 Å². The molecule has 1 aromatic heterocycles. The number of hydrogen-bond donors (Lipinski definition) is 0. The third-order valence-corrected chi connectivity index (χ3v) is 2.30. The van der Waals surface area contributed by atoms with E-state index in [0.717, 1.165) is 22.3 Å². The van der Waals surface area contributed by atoms with Gasteiger partial charge in [0.15, 0.2) is 0 Å². The Balaban J connectivity index is 2.75. The summed E-state index contributed by atoms with van der Waals surface area (Å²) in [6.07, 6.45) is 3.41. The van der Waals surface area contributed by atoms with E-state index in [9.17, 15) is 0 Å². The maximum absolute atomic E-state index is 4.26. The van der Waals surface area contributed by atoms with Crippen LogP contribution in [0.1, 0.15) is 5.56 Å². The number of nitrogens with zero attached hydrogens (tertiary/aromatic N) is 3. The Bertz CT molecular complexity index is 503. The summed E-state index contributed by atoms with van der Waals surface area (Å²) >= 11 is 0. The highest BCUT2D eigenvalue weighted by molar-refractivity contribution is 5.90. The van der Waals surface area contributed by atoms with Gasteiger partial charge < -0.3 is 4.90 Å². The molecule has 0 aliphatic carbocycles. The Morgan fingerprint density at radius 1 is 1.27 bits per heavy atom. The Kier molecular flexibility index (Phi) is 2.37. The van der Waals surface area contributed by atoms with Gasteiger partial charge in [-0.05, 0) is 17.7 Å². The van der Waals surface area contributed by atoms with Gasteiger partial charge in [0, 0.05) is 19.5 Å². The van der Waals surface area contributed by atoms with E-state index in [4.69, 9.17) is 0 Å². The van der Waals surface area contributed by atoms with Crippen molar-refractivity contribution in [3.63, 3.8) is 0 Å². The minimum absolute atomic E-state index is 0.934. The molecule has 3 heteroatoms. The fourth-order valence-corrected chi connectivity index (χ4v) is 1.54. The van der Waals surface area contributed by atoms with E-state index < -0.39 is 0 Å². The maximum atomic E-state index is 4.26. The van der Waals surface area contributed by atoms with E-state index >= 15 is 0 Å². The fourth-order valence-electron chi connectivity index (χ4n) is 1.54. The molecule has 3 nitrogen and oxygen atoms in total. The molecule has 0 atom stereocenters. The molecule has 2 aromatic rings. The molecular formula is C12H13N3. The van der Waals surface area contributed by atoms with Gasteiger partial charge in [0.25, 0.3) is 0 Å². The zero-order valence-corrected chi connectivity index (χ0v) is 8.94. The molecule has 0 spiro atoms. The standard InChI is InChI=1S/C12H13N3/c1-4-9-5-6-11-10(7-9)12(15(2)3)14-8-13-11/h4-8H,1H2,2-3H3. The Labute approximate surface area is 89.1 Å². The molecule has 0 aliphatic rings. The molecule has 0 saturated carbocycles. The van der Waals surface area contributed by atoms with Gasteiger partial charge in [0.1, 0.15) is 12.1 Å². The summed E-state index contributed by atoms with van der Waals surface area (Å²) in [5.74, 6) is 0.934. The highest BCUT2D eigenvalue weighted by atomic mass is 15.1. The smallest absolute Gasteiger partial charge is 0.139 e. The molecule has 1 heterocycles. The van der Waals surface area contributed by atoms with Crippen molar-refractivity contribution < 1.29 is 0 Å². The summed E-state index contributed by atoms with van der Waals surface area (Å²) in [5.41, 5.74) is 2.04. The lowest BCUT2D eigenvalue weighted by Gasteiger charge is -2.13. The van der Waals surface area contributed by atoms with Crippen LogP contribution in [0.15, 0.2) is 31.1 Å². The summed E-state index contributed by atoms with van der Waals surface area (Å²) in [7, 11) is 3.95. The fraction of sp³-hybridized carbons (Fsp3) is 0.167. The molecule has 0 unspecified atom stereocenters. The van der Waals surface area contributed by atoms with E-state index in [1.54, 1.807) is 6.33 Å². The molecule has 0 aliphatic heterocycles. The van der Waals surface area contributed by atoms with E-state index in [0.29, 0.717) is 0 Å². The summed E-state index contributed by atoms with van der Waals surface area (Å²) in [6, 6.07) is 6.04. The Hall–Kier alpha value is -1.90. The monoisotopic (exact) mass is 199 g/mol. The summed E-state index contributed by atoms with van der Waals surface area (Å²) in [5, 5.41) is 1.06. The second-order valence-corrected chi connectivity index (χ2v) is 3.57. The number of rotatable bonds is 2. The van der Waals surface area contributed by atoms with Gasteiger partial charge in [-0.15, -0.1) is 0 Å². The lowest BCUT2D eigenvalue weighted by atomic mass is 10.1. The first-order valence-electron chi connectivity index (χ1n) is 4.77. The highest BCUT2D eigenvalue weighted by Gasteiger charge is 2.04. The second kappa shape index (κ2) is 3.69. The van der Waals surface area contributed by atoms with Crippen LogP contribution < -0.4 is 4.90 Å². The molecule has 0 bridgehead atoms. The van der Waals surface area contributed by atoms with Gasteiger partial charge in [0.2, 0.25) is 0 Å². The summed E-state index contributed by atoms with van der Waals surface area (Å²) in [6.45, 7) is 3.76. The van der Waals surface area contributed by atoms with Crippen molar-refractivity contribution >= 4 is 22.8 Å². The van der Waals surface area contributed by atoms with Crippen LogP contribution in [-0.2, 0) is 0 Å². The maximum Gasteiger partial charge on any atom is 0.139 e. The van der Waals surface area contributed by atoms with Crippen molar-refractivity contribution in [3.05, 3.63) is 36.7 Å². The average Bonchev–Trinajstić information content (AvgIpc) is 2.27. The molecule has 0 amide bonds. The number of benzene rings is 1. The molecule has 1 aromatic carbocycles. The van der Waals surface area contributed by atoms with Crippen molar-refractivity contribution in [2.24, 2.45) is 0 Å². The predicted molar refractivity (Wildman–Crippen MR) is 64.0 cm³/mol. The van der Waals surface area contributed by atoms with E-state index in [1.807, 2.05) is 37.2 Å². The molecular weight excluding hydrogens is 186 g/mol. The average molecular weight is 199 g/mol. The van der Waals surface area contributed by atoms with Gasteiger partial charge in [-0.2, -0.15) is 0 Å². The van der Waals surface area contributed by atoms with Crippen molar-refractivity contribution in [2.45, 2.75) is 0 Å². The minimum Gasteiger partial charge on any atom is -0.362 e. The molecule has 15 heavy (non-hydrogen) atoms. The van der Waals surface area contributed by atoms with Gasteiger partial charge in [-0.25, -0.2) is 9.97 Å². The normalized spacial score (nSPS) is 10.3. The van der Waals surface area contributed by atoms with E-state index in [1.165, 1.54) is 0 Å². The zero-order valence-electron chi connectivity index (χ0n) is 8.94. The van der Waals surface area contributed by atoms with Gasteiger partial charge >= 0.3 is 0 Å². The quantitative estimate of drug-likeness (QED) is 0.743. The lowest BCUT2D eigenvalue weighted by Crippen LogP contribution is -2.11. The first-order valence-corrected chi connectivity index (χ1v) is 4.77. The molecule has 76 valence electrons. The first-order chi connectivity index (χ1) is 7.22. The third-order valence-electron chi connectivity index (χ3n) is 2.30. The van der Waals surface area contributed by atoms with Crippen molar-refractivity contribution in [1.82, 2.24) is 9.97 Å². The predicted octanol–water partition coefficient (Wildman–Crippen LogP) is 2.34. The first kappa shape index (κ1) is 9.65. The number of fused-ring (bicyclic) bond motifs is 1. The summed E-state index contributed by atoms with van der Waals surface area (Å²) < 4.78 is 0. The zero-order chi connectivity index (χ0) is 10.8. The molecule has 0 radical (unpaired) electrons. The largest absolute Gasteiger partial charge is 0.362 e. The third kappa shape index (κ3) is 1.68. The van der Waals surface area contributed by atoms with Gasteiger partial charge in [-0.3, -0.25) is 0 Å². The Morgan fingerprint density at radius 2 is 2.07 bits per heavy atom. The van der Waals surface area contributed by atoms with E-state index in [2.05, 4.69) is 22.6 Å². The summed E-state index contributed by atoms with van der Waals surface area (Å²) in [4.78, 5) is 10.5. The van der Waals surface area contributed by atoms with Gasteiger partial charge in [0.05, 0.1) is 5.52 Å². The van der Waals surface area contributed by atoms with Crippen LogP contribution in [0.3, 0.4) is 0 Å².